The molecule has 0 radical (unpaired) electrons. The average Bonchev–Trinajstić information content (AvgIpc) is 2.44. The van der Waals surface area contributed by atoms with Crippen molar-refractivity contribution < 1.29 is 9.53 Å². The van der Waals surface area contributed by atoms with Crippen molar-refractivity contribution in [1.82, 2.24) is 16.0 Å². The highest BCUT2D eigenvalue weighted by molar-refractivity contribution is 5.80. The number of nitrogens with zero attached hydrogens (tertiary/aromatic N) is 1. The van der Waals surface area contributed by atoms with Gasteiger partial charge in [0.05, 0.1) is 19.2 Å². The zero-order chi connectivity index (χ0) is 17.0. The Morgan fingerprint density at radius 3 is 2.32 bits per heavy atom. The number of carbonyl (C=O) groups excluding carboxylic acids is 1. The van der Waals surface area contributed by atoms with Crippen molar-refractivity contribution in [2.24, 2.45) is 10.9 Å². The normalized spacial score (nSPS) is 14.4. The maximum Gasteiger partial charge on any atom is 0.407 e. The summed E-state index contributed by atoms with van der Waals surface area (Å²) in [6.07, 6.45) is 1.52. The average molecular weight is 314 g/mol. The van der Waals surface area contributed by atoms with Gasteiger partial charge in [0.2, 0.25) is 0 Å². The number of alkyl carbamates (subject to hydrolysis) is 1. The van der Waals surface area contributed by atoms with Crippen molar-refractivity contribution in [2.75, 3.05) is 19.7 Å². The van der Waals surface area contributed by atoms with Gasteiger partial charge in [-0.25, -0.2) is 4.79 Å². The first-order valence-corrected chi connectivity index (χ1v) is 8.40. The number of ether oxygens (including phenoxy) is 1. The number of rotatable bonds is 9. The molecule has 0 saturated heterocycles. The topological polar surface area (TPSA) is 74.8 Å². The Labute approximate surface area is 135 Å². The fourth-order valence-corrected chi connectivity index (χ4v) is 1.94. The maximum absolute atomic E-state index is 11.6. The molecular formula is C16H34N4O2. The number of guanidine groups is 1. The lowest BCUT2D eigenvalue weighted by molar-refractivity contribution is 0.147. The number of carbonyl (C=O) groups is 1. The summed E-state index contributed by atoms with van der Waals surface area (Å²) < 4.78 is 4.96. The van der Waals surface area contributed by atoms with Crippen LogP contribution in [0.15, 0.2) is 4.99 Å². The van der Waals surface area contributed by atoms with Crippen LogP contribution in [0, 0.1) is 5.92 Å². The molecule has 6 nitrogen and oxygen atoms in total. The largest absolute Gasteiger partial charge is 0.450 e. The predicted molar refractivity (Wildman–Crippen MR) is 92.3 cm³/mol. The van der Waals surface area contributed by atoms with Gasteiger partial charge in [0.25, 0.3) is 0 Å². The second-order valence-electron chi connectivity index (χ2n) is 5.86. The van der Waals surface area contributed by atoms with Crippen LogP contribution in [0.5, 0.6) is 0 Å². The molecule has 0 bridgehead atoms. The Bertz CT molecular complexity index is 332. The van der Waals surface area contributed by atoms with E-state index in [1.807, 2.05) is 6.92 Å². The van der Waals surface area contributed by atoms with Crippen molar-refractivity contribution in [2.45, 2.75) is 66.5 Å². The van der Waals surface area contributed by atoms with Crippen LogP contribution in [0.25, 0.3) is 0 Å². The summed E-state index contributed by atoms with van der Waals surface area (Å²) in [4.78, 5) is 16.2. The van der Waals surface area contributed by atoms with E-state index in [9.17, 15) is 4.79 Å². The minimum atomic E-state index is -0.372. The summed E-state index contributed by atoms with van der Waals surface area (Å²) in [5.41, 5.74) is 0. The molecule has 1 amide bonds. The van der Waals surface area contributed by atoms with Crippen molar-refractivity contribution in [3.05, 3.63) is 0 Å². The third-order valence-corrected chi connectivity index (χ3v) is 3.16. The molecule has 3 N–H and O–H groups in total. The molecule has 22 heavy (non-hydrogen) atoms. The van der Waals surface area contributed by atoms with Crippen molar-refractivity contribution >= 4 is 12.1 Å². The molecular weight excluding hydrogens is 280 g/mol. The minimum absolute atomic E-state index is 0.0218. The van der Waals surface area contributed by atoms with E-state index < -0.39 is 0 Å². The summed E-state index contributed by atoms with van der Waals surface area (Å²) in [5, 5.41) is 9.47. The Morgan fingerprint density at radius 2 is 1.82 bits per heavy atom. The zero-order valence-electron chi connectivity index (χ0n) is 15.0. The Balaban J connectivity index is 4.69. The third-order valence-electron chi connectivity index (χ3n) is 3.16. The number of amides is 1. The number of aliphatic imine (C=N–C) groups is 1. The molecule has 0 rings (SSSR count). The van der Waals surface area contributed by atoms with Gasteiger partial charge in [-0.1, -0.05) is 20.8 Å². The van der Waals surface area contributed by atoms with Crippen LogP contribution in [0.3, 0.4) is 0 Å². The number of hydrogen-bond donors (Lipinski definition) is 3. The molecule has 130 valence electrons. The lowest BCUT2D eigenvalue weighted by Gasteiger charge is -2.20. The summed E-state index contributed by atoms with van der Waals surface area (Å²) in [6, 6.07) is 0.339. The molecule has 0 aliphatic carbocycles. The lowest BCUT2D eigenvalue weighted by atomic mass is 10.0. The Hall–Kier alpha value is -1.46. The van der Waals surface area contributed by atoms with Crippen LogP contribution >= 0.6 is 0 Å². The Morgan fingerprint density at radius 1 is 1.14 bits per heavy atom. The van der Waals surface area contributed by atoms with Gasteiger partial charge >= 0.3 is 6.09 Å². The van der Waals surface area contributed by atoms with Gasteiger partial charge < -0.3 is 20.7 Å². The van der Waals surface area contributed by atoms with E-state index in [1.165, 1.54) is 0 Å². The third kappa shape index (κ3) is 10.3. The maximum atomic E-state index is 11.6. The molecule has 6 heteroatoms. The molecule has 0 aliphatic rings. The van der Waals surface area contributed by atoms with Crippen molar-refractivity contribution in [3.63, 3.8) is 0 Å². The highest BCUT2D eigenvalue weighted by Crippen LogP contribution is 2.05. The fraction of sp³-hybridized carbons (Fsp3) is 0.875. The van der Waals surface area contributed by atoms with Crippen LogP contribution < -0.4 is 16.0 Å². The molecule has 0 aliphatic heterocycles. The monoisotopic (exact) mass is 314 g/mol. The van der Waals surface area contributed by atoms with Crippen LogP contribution in [0.4, 0.5) is 4.79 Å². The molecule has 0 saturated carbocycles. The van der Waals surface area contributed by atoms with E-state index in [0.29, 0.717) is 25.1 Å². The zero-order valence-corrected chi connectivity index (χ0v) is 15.0. The van der Waals surface area contributed by atoms with Gasteiger partial charge in [-0.05, 0) is 39.5 Å². The summed E-state index contributed by atoms with van der Waals surface area (Å²) in [5.74, 6) is 1.27. The second kappa shape index (κ2) is 12.1. The second-order valence-corrected chi connectivity index (χ2v) is 5.86. The molecule has 0 aromatic rings. The molecule has 0 aromatic heterocycles. The van der Waals surface area contributed by atoms with E-state index in [0.717, 1.165) is 25.3 Å². The molecule has 0 aromatic carbocycles. The fourth-order valence-electron chi connectivity index (χ4n) is 1.94. The van der Waals surface area contributed by atoms with Crippen LogP contribution in [-0.4, -0.2) is 43.8 Å². The van der Waals surface area contributed by atoms with Crippen LogP contribution in [0.1, 0.15) is 54.4 Å². The van der Waals surface area contributed by atoms with Gasteiger partial charge in [0, 0.05) is 12.6 Å². The highest BCUT2D eigenvalue weighted by atomic mass is 16.5. The van der Waals surface area contributed by atoms with E-state index in [1.54, 1.807) is 6.92 Å². The molecule has 0 fully saturated rings. The summed E-state index contributed by atoms with van der Waals surface area (Å²) in [7, 11) is 0. The quantitative estimate of drug-likeness (QED) is 0.451. The number of hydrogen-bond acceptors (Lipinski definition) is 3. The number of nitrogens with one attached hydrogen (secondary N) is 3. The van der Waals surface area contributed by atoms with Crippen LogP contribution in [0.2, 0.25) is 0 Å². The lowest BCUT2D eigenvalue weighted by Crippen LogP contribution is -2.44. The first-order chi connectivity index (χ1) is 10.4. The molecule has 2 unspecified atom stereocenters. The van der Waals surface area contributed by atoms with Crippen molar-refractivity contribution in [1.29, 1.82) is 0 Å². The summed E-state index contributed by atoms with van der Waals surface area (Å²) in [6.45, 7) is 14.1. The smallest absolute Gasteiger partial charge is 0.407 e. The summed E-state index contributed by atoms with van der Waals surface area (Å²) >= 11 is 0. The van der Waals surface area contributed by atoms with E-state index >= 15 is 0 Å². The first-order valence-electron chi connectivity index (χ1n) is 8.40. The SMILES string of the molecule is CCNC(=NCC(CC(C)C)NC(=O)OCC)NC(C)CC. The van der Waals surface area contributed by atoms with Gasteiger partial charge in [0.15, 0.2) is 5.96 Å². The highest BCUT2D eigenvalue weighted by Gasteiger charge is 2.15. The molecule has 2 atom stereocenters. The molecule has 0 spiro atoms. The van der Waals surface area contributed by atoms with Crippen LogP contribution in [-0.2, 0) is 4.74 Å². The Kier molecular flexibility index (Phi) is 11.3. The van der Waals surface area contributed by atoms with E-state index in [2.05, 4.69) is 48.6 Å². The first kappa shape index (κ1) is 20.5. The molecule has 0 heterocycles. The van der Waals surface area contributed by atoms with E-state index in [-0.39, 0.29) is 12.1 Å². The standard InChI is InChI=1S/C16H34N4O2/c1-7-13(6)19-15(17-8-2)18-11-14(10-12(4)5)20-16(21)22-9-3/h12-14H,7-11H2,1-6H3,(H,20,21)(H2,17,18,19). The van der Waals surface area contributed by atoms with E-state index in [4.69, 9.17) is 4.74 Å². The van der Waals surface area contributed by atoms with Gasteiger partial charge in [-0.3, -0.25) is 4.99 Å². The van der Waals surface area contributed by atoms with Gasteiger partial charge in [-0.2, -0.15) is 0 Å². The van der Waals surface area contributed by atoms with Crippen molar-refractivity contribution in [3.8, 4) is 0 Å². The van der Waals surface area contributed by atoms with Gasteiger partial charge in [0.1, 0.15) is 0 Å². The predicted octanol–water partition coefficient (Wildman–Crippen LogP) is 2.50. The van der Waals surface area contributed by atoms with Gasteiger partial charge in [-0.15, -0.1) is 0 Å². The minimum Gasteiger partial charge on any atom is -0.450 e.